The van der Waals surface area contributed by atoms with Crippen LogP contribution in [0.2, 0.25) is 5.02 Å². The zero-order valence-electron chi connectivity index (χ0n) is 8.43. The molecule has 0 unspecified atom stereocenters. The van der Waals surface area contributed by atoms with Crippen molar-refractivity contribution in [2.75, 3.05) is 7.05 Å². The summed E-state index contributed by atoms with van der Waals surface area (Å²) in [5.74, 6) is -0.850. The highest BCUT2D eigenvalue weighted by Gasteiger charge is 2.14. The Kier molecular flexibility index (Phi) is 3.31. The highest BCUT2D eigenvalue weighted by Crippen LogP contribution is 2.21. The summed E-state index contributed by atoms with van der Waals surface area (Å²) < 4.78 is 0. The van der Waals surface area contributed by atoms with Crippen molar-refractivity contribution in [2.24, 2.45) is 5.73 Å². The molecule has 0 bridgehead atoms. The molecule has 80 valence electrons. The van der Waals surface area contributed by atoms with E-state index in [9.17, 15) is 9.59 Å². The van der Waals surface area contributed by atoms with Crippen LogP contribution >= 0.6 is 11.6 Å². The average molecular weight is 227 g/mol. The van der Waals surface area contributed by atoms with Gasteiger partial charge in [-0.1, -0.05) is 11.6 Å². The van der Waals surface area contributed by atoms with Gasteiger partial charge < -0.3 is 11.1 Å². The zero-order chi connectivity index (χ0) is 11.6. The Bertz CT molecular complexity index is 406. The third kappa shape index (κ3) is 2.27. The maximum absolute atomic E-state index is 11.3. The lowest BCUT2D eigenvalue weighted by Gasteiger charge is -2.07. The monoisotopic (exact) mass is 226 g/mol. The molecule has 0 radical (unpaired) electrons. The highest BCUT2D eigenvalue weighted by molar-refractivity contribution is 6.34. The second kappa shape index (κ2) is 4.31. The van der Waals surface area contributed by atoms with Crippen LogP contribution in [0.5, 0.6) is 0 Å². The van der Waals surface area contributed by atoms with Crippen molar-refractivity contribution in [3.8, 4) is 0 Å². The molecule has 2 amide bonds. The van der Waals surface area contributed by atoms with Crippen molar-refractivity contribution in [1.82, 2.24) is 5.32 Å². The van der Waals surface area contributed by atoms with E-state index in [0.29, 0.717) is 11.1 Å². The van der Waals surface area contributed by atoms with Crippen LogP contribution < -0.4 is 11.1 Å². The molecule has 0 aromatic heterocycles. The first-order chi connectivity index (χ1) is 6.97. The van der Waals surface area contributed by atoms with Crippen molar-refractivity contribution in [3.05, 3.63) is 33.8 Å². The lowest BCUT2D eigenvalue weighted by molar-refractivity contribution is 0.0959. The van der Waals surface area contributed by atoms with Gasteiger partial charge in [0.15, 0.2) is 0 Å². The molecule has 0 saturated carbocycles. The zero-order valence-corrected chi connectivity index (χ0v) is 9.18. The number of nitrogens with one attached hydrogen (secondary N) is 1. The Morgan fingerprint density at radius 1 is 1.40 bits per heavy atom. The second-order valence-electron chi connectivity index (χ2n) is 3.09. The van der Waals surface area contributed by atoms with Gasteiger partial charge in [0.05, 0.1) is 10.6 Å². The topological polar surface area (TPSA) is 72.2 Å². The van der Waals surface area contributed by atoms with Crippen LogP contribution in [0, 0.1) is 6.92 Å². The fourth-order valence-corrected chi connectivity index (χ4v) is 1.69. The van der Waals surface area contributed by atoms with Crippen LogP contribution in [0.1, 0.15) is 26.3 Å². The highest BCUT2D eigenvalue weighted by atomic mass is 35.5. The molecule has 0 spiro atoms. The van der Waals surface area contributed by atoms with Gasteiger partial charge in [-0.2, -0.15) is 0 Å². The summed E-state index contributed by atoms with van der Waals surface area (Å²) in [6, 6.07) is 3.00. The maximum Gasteiger partial charge on any atom is 0.251 e. The Balaban J connectivity index is 3.31. The first-order valence-corrected chi connectivity index (χ1v) is 4.67. The molecule has 0 atom stereocenters. The van der Waals surface area contributed by atoms with Gasteiger partial charge in [0.1, 0.15) is 0 Å². The molecule has 0 aliphatic rings. The van der Waals surface area contributed by atoms with Gasteiger partial charge >= 0.3 is 0 Å². The third-order valence-electron chi connectivity index (χ3n) is 2.02. The number of carbonyl (C=O) groups excluding carboxylic acids is 2. The van der Waals surface area contributed by atoms with Gasteiger partial charge in [-0.15, -0.1) is 0 Å². The first-order valence-electron chi connectivity index (χ1n) is 4.29. The molecule has 0 heterocycles. The predicted octanol–water partition coefficient (Wildman–Crippen LogP) is 1.11. The summed E-state index contributed by atoms with van der Waals surface area (Å²) >= 11 is 5.85. The van der Waals surface area contributed by atoms with Gasteiger partial charge in [0, 0.05) is 12.6 Å². The minimum absolute atomic E-state index is 0.195. The molecule has 1 aromatic carbocycles. The number of hydrogen-bond acceptors (Lipinski definition) is 2. The first kappa shape index (κ1) is 11.5. The lowest BCUT2D eigenvalue weighted by Crippen LogP contribution is -2.19. The fourth-order valence-electron chi connectivity index (χ4n) is 1.33. The van der Waals surface area contributed by atoms with E-state index in [2.05, 4.69) is 5.32 Å². The number of rotatable bonds is 2. The number of benzene rings is 1. The molecule has 5 heteroatoms. The van der Waals surface area contributed by atoms with Crippen molar-refractivity contribution >= 4 is 23.4 Å². The molecule has 1 rings (SSSR count). The molecular formula is C10H11ClN2O2. The summed E-state index contributed by atoms with van der Waals surface area (Å²) in [5.41, 5.74) is 6.40. The van der Waals surface area contributed by atoms with Gasteiger partial charge in [-0.05, 0) is 24.6 Å². The van der Waals surface area contributed by atoms with Gasteiger partial charge in [-0.25, -0.2) is 0 Å². The molecule has 15 heavy (non-hydrogen) atoms. The molecule has 3 N–H and O–H groups in total. The summed E-state index contributed by atoms with van der Waals surface area (Å²) in [7, 11) is 1.52. The van der Waals surface area contributed by atoms with Crippen LogP contribution in [-0.2, 0) is 0 Å². The molecule has 0 saturated heterocycles. The van der Waals surface area contributed by atoms with Crippen LogP contribution in [0.4, 0.5) is 0 Å². The fraction of sp³-hybridized carbons (Fsp3) is 0.200. The van der Waals surface area contributed by atoms with E-state index in [1.165, 1.54) is 13.1 Å². The lowest BCUT2D eigenvalue weighted by atomic mass is 10.0. The summed E-state index contributed by atoms with van der Waals surface area (Å²) in [6.45, 7) is 1.68. The van der Waals surface area contributed by atoms with E-state index in [1.54, 1.807) is 13.0 Å². The number of hydrogen-bond donors (Lipinski definition) is 2. The van der Waals surface area contributed by atoms with Crippen LogP contribution in [0.15, 0.2) is 12.1 Å². The average Bonchev–Trinajstić information content (AvgIpc) is 2.14. The van der Waals surface area contributed by atoms with E-state index in [4.69, 9.17) is 17.3 Å². The molecule has 1 aromatic rings. The Hall–Kier alpha value is -1.55. The second-order valence-corrected chi connectivity index (χ2v) is 3.50. The smallest absolute Gasteiger partial charge is 0.251 e. The SMILES string of the molecule is CNC(=O)c1cc(C)c(C(N)=O)c(Cl)c1. The molecule has 0 aliphatic carbocycles. The number of carbonyl (C=O) groups is 2. The van der Waals surface area contributed by atoms with Crippen LogP contribution in [0.25, 0.3) is 0 Å². The molecular weight excluding hydrogens is 216 g/mol. The van der Waals surface area contributed by atoms with E-state index in [1.807, 2.05) is 0 Å². The van der Waals surface area contributed by atoms with Gasteiger partial charge in [-0.3, -0.25) is 9.59 Å². The summed E-state index contributed by atoms with van der Waals surface area (Å²) in [6.07, 6.45) is 0. The normalized spacial score (nSPS) is 9.80. The summed E-state index contributed by atoms with van der Waals surface area (Å²) in [4.78, 5) is 22.3. The quantitative estimate of drug-likeness (QED) is 0.793. The van der Waals surface area contributed by atoms with Gasteiger partial charge in [0.2, 0.25) is 5.91 Å². The Morgan fingerprint density at radius 3 is 2.40 bits per heavy atom. The minimum Gasteiger partial charge on any atom is -0.366 e. The van der Waals surface area contributed by atoms with Crippen molar-refractivity contribution < 1.29 is 9.59 Å². The van der Waals surface area contributed by atoms with E-state index < -0.39 is 5.91 Å². The Labute approximate surface area is 92.4 Å². The standard InChI is InChI=1S/C10H11ClN2O2/c1-5-3-6(10(15)13-2)4-7(11)8(5)9(12)14/h3-4H,1-2H3,(H2,12,14)(H,13,15). The van der Waals surface area contributed by atoms with Crippen molar-refractivity contribution in [2.45, 2.75) is 6.92 Å². The third-order valence-corrected chi connectivity index (χ3v) is 2.32. The van der Waals surface area contributed by atoms with Gasteiger partial charge in [0.25, 0.3) is 5.91 Å². The molecule has 0 aliphatic heterocycles. The Morgan fingerprint density at radius 2 is 2.00 bits per heavy atom. The predicted molar refractivity (Wildman–Crippen MR) is 58.1 cm³/mol. The number of amides is 2. The van der Waals surface area contributed by atoms with E-state index >= 15 is 0 Å². The van der Waals surface area contributed by atoms with Crippen LogP contribution in [0.3, 0.4) is 0 Å². The molecule has 0 fully saturated rings. The summed E-state index contributed by atoms with van der Waals surface area (Å²) in [5, 5.41) is 2.67. The number of nitrogens with two attached hydrogens (primary N) is 1. The number of aryl methyl sites for hydroxylation is 1. The number of halogens is 1. The largest absolute Gasteiger partial charge is 0.366 e. The maximum atomic E-state index is 11.3. The van der Waals surface area contributed by atoms with Crippen molar-refractivity contribution in [1.29, 1.82) is 0 Å². The minimum atomic E-state index is -0.596. The molecule has 4 nitrogen and oxygen atoms in total. The van der Waals surface area contributed by atoms with Crippen molar-refractivity contribution in [3.63, 3.8) is 0 Å². The van der Waals surface area contributed by atoms with Crippen LogP contribution in [-0.4, -0.2) is 18.9 Å². The van der Waals surface area contributed by atoms with E-state index in [-0.39, 0.29) is 16.5 Å². The number of primary amides is 1. The van der Waals surface area contributed by atoms with E-state index in [0.717, 1.165) is 0 Å².